The average Bonchev–Trinajstić information content (AvgIpc) is 2.79. The molecule has 1 aromatic carbocycles. The highest BCUT2D eigenvalue weighted by Gasteiger charge is 2.26. The van der Waals surface area contributed by atoms with Crippen LogP contribution in [0.1, 0.15) is 46.0 Å². The van der Waals surface area contributed by atoms with Crippen molar-refractivity contribution in [1.29, 1.82) is 0 Å². The van der Waals surface area contributed by atoms with Gasteiger partial charge >= 0.3 is 12.0 Å². The van der Waals surface area contributed by atoms with Crippen LogP contribution in [0, 0.1) is 11.7 Å². The van der Waals surface area contributed by atoms with Crippen LogP contribution in [0.2, 0.25) is 5.02 Å². The second-order valence-electron chi connectivity index (χ2n) is 8.77. The van der Waals surface area contributed by atoms with E-state index in [-0.39, 0.29) is 22.5 Å². The number of carbonyl (C=O) groups is 2. The molecule has 1 aliphatic carbocycles. The van der Waals surface area contributed by atoms with Crippen molar-refractivity contribution in [3.05, 3.63) is 41.3 Å². The number of benzene rings is 1. The largest absolute Gasteiger partial charge is 0.480 e. The van der Waals surface area contributed by atoms with E-state index in [1.807, 2.05) is 0 Å². The molecule has 1 fully saturated rings. The van der Waals surface area contributed by atoms with E-state index in [0.717, 1.165) is 38.3 Å². The summed E-state index contributed by atoms with van der Waals surface area (Å²) in [5.74, 6) is -0.680. The minimum atomic E-state index is -1.13. The number of amides is 2. The zero-order chi connectivity index (χ0) is 24.7. The fourth-order valence-electron chi connectivity index (χ4n) is 4.04. The molecule has 1 aromatic heterocycles. The Morgan fingerprint density at radius 2 is 1.91 bits per heavy atom. The van der Waals surface area contributed by atoms with Crippen molar-refractivity contribution in [2.45, 2.75) is 52.0 Å². The Hall–Kier alpha value is -3.07. The lowest BCUT2D eigenvalue weighted by Crippen LogP contribution is -2.40. The predicted octanol–water partition coefficient (Wildman–Crippen LogP) is 5.78. The molecule has 2 amide bonds. The Kier molecular flexibility index (Phi) is 8.92. The first kappa shape index (κ1) is 25.6. The number of carbonyl (C=O) groups excluding carboxylic acids is 1. The number of carboxylic acid groups (broad SMARTS) is 1. The van der Waals surface area contributed by atoms with Crippen molar-refractivity contribution in [3.8, 4) is 5.75 Å². The summed E-state index contributed by atoms with van der Waals surface area (Å²) in [6.07, 6.45) is 6.94. The van der Waals surface area contributed by atoms with Gasteiger partial charge in [-0.25, -0.2) is 19.0 Å². The highest BCUT2D eigenvalue weighted by Crippen LogP contribution is 2.34. The van der Waals surface area contributed by atoms with E-state index in [9.17, 15) is 14.0 Å². The van der Waals surface area contributed by atoms with E-state index in [4.69, 9.17) is 21.4 Å². The summed E-state index contributed by atoms with van der Waals surface area (Å²) >= 11 is 5.79. The Bertz CT molecular complexity index is 1010. The lowest BCUT2D eigenvalue weighted by molar-refractivity contribution is -0.139. The minimum Gasteiger partial charge on any atom is -0.480 e. The van der Waals surface area contributed by atoms with Crippen LogP contribution >= 0.6 is 11.6 Å². The van der Waals surface area contributed by atoms with Crippen LogP contribution in [0.5, 0.6) is 5.75 Å². The number of nitrogens with one attached hydrogen (secondary N) is 2. The van der Waals surface area contributed by atoms with Crippen molar-refractivity contribution in [2.24, 2.45) is 5.92 Å². The number of carboxylic acids is 1. The topological polar surface area (TPSA) is 104 Å². The minimum absolute atomic E-state index is 0.0268. The van der Waals surface area contributed by atoms with E-state index < -0.39 is 24.4 Å². The van der Waals surface area contributed by atoms with Gasteiger partial charge in [0.15, 0.2) is 12.4 Å². The molecule has 0 spiro atoms. The van der Waals surface area contributed by atoms with Gasteiger partial charge < -0.3 is 25.4 Å². The normalized spacial score (nSPS) is 14.0. The van der Waals surface area contributed by atoms with Gasteiger partial charge in [0.1, 0.15) is 11.6 Å². The zero-order valence-corrected chi connectivity index (χ0v) is 20.1. The molecule has 3 N–H and O–H groups in total. The van der Waals surface area contributed by atoms with Crippen LogP contribution < -0.4 is 20.3 Å². The summed E-state index contributed by atoms with van der Waals surface area (Å²) in [7, 11) is 0. The number of hydrogen-bond donors (Lipinski definition) is 3. The van der Waals surface area contributed by atoms with Crippen LogP contribution in [-0.4, -0.2) is 41.3 Å². The second-order valence-corrected chi connectivity index (χ2v) is 9.20. The lowest BCUT2D eigenvalue weighted by atomic mass is 9.93. The molecule has 0 unspecified atom stereocenters. The molecule has 1 aliphatic rings. The van der Waals surface area contributed by atoms with Crippen LogP contribution in [0.3, 0.4) is 0 Å². The summed E-state index contributed by atoms with van der Waals surface area (Å²) in [4.78, 5) is 30.4. The monoisotopic (exact) mass is 492 g/mol. The summed E-state index contributed by atoms with van der Waals surface area (Å²) in [6.45, 7) is 4.42. The maximum Gasteiger partial charge on any atom is 0.341 e. The summed E-state index contributed by atoms with van der Waals surface area (Å²) < 4.78 is 19.4. The van der Waals surface area contributed by atoms with Crippen molar-refractivity contribution < 1.29 is 23.8 Å². The molecule has 2 aromatic rings. The number of urea groups is 1. The van der Waals surface area contributed by atoms with E-state index in [1.165, 1.54) is 24.8 Å². The number of nitrogens with zero attached hydrogens (tertiary/aromatic N) is 2. The Morgan fingerprint density at radius 3 is 2.56 bits per heavy atom. The van der Waals surface area contributed by atoms with E-state index in [0.29, 0.717) is 17.4 Å². The first-order valence-corrected chi connectivity index (χ1v) is 11.7. The second kappa shape index (κ2) is 11.9. The van der Waals surface area contributed by atoms with Gasteiger partial charge in [0.2, 0.25) is 0 Å². The van der Waals surface area contributed by atoms with Gasteiger partial charge in [-0.05, 0) is 37.0 Å². The summed E-state index contributed by atoms with van der Waals surface area (Å²) in [5, 5.41) is 14.4. The Balaban J connectivity index is 1.90. The maximum absolute atomic E-state index is 14.2. The number of halogens is 2. The van der Waals surface area contributed by atoms with Crippen molar-refractivity contribution in [1.82, 2.24) is 4.98 Å². The summed E-state index contributed by atoms with van der Waals surface area (Å²) in [6, 6.07) is 5.09. The van der Waals surface area contributed by atoms with Crippen LogP contribution in [0.25, 0.3) is 0 Å². The van der Waals surface area contributed by atoms with Gasteiger partial charge in [0, 0.05) is 23.7 Å². The SMILES string of the molecule is CC(C)CN(c1ncc(OCC(=O)O)cc1NC(=O)Nc1ccc(Cl)cc1F)C1CCCCC1. The smallest absolute Gasteiger partial charge is 0.341 e. The van der Waals surface area contributed by atoms with Crippen LogP contribution in [0.4, 0.5) is 26.4 Å². The lowest BCUT2D eigenvalue weighted by Gasteiger charge is -2.37. The van der Waals surface area contributed by atoms with Gasteiger partial charge in [-0.1, -0.05) is 44.7 Å². The molecule has 184 valence electrons. The molecule has 0 saturated heterocycles. The molecule has 0 bridgehead atoms. The third-order valence-electron chi connectivity index (χ3n) is 5.48. The number of anilines is 3. The number of hydrogen-bond acceptors (Lipinski definition) is 5. The van der Waals surface area contributed by atoms with Gasteiger partial charge in [-0.3, -0.25) is 0 Å². The molecule has 8 nitrogen and oxygen atoms in total. The van der Waals surface area contributed by atoms with E-state index in [2.05, 4.69) is 34.4 Å². The van der Waals surface area contributed by atoms with Gasteiger partial charge in [-0.2, -0.15) is 0 Å². The number of aliphatic carboxylic acids is 1. The third-order valence-corrected chi connectivity index (χ3v) is 5.72. The van der Waals surface area contributed by atoms with Crippen molar-refractivity contribution in [2.75, 3.05) is 28.7 Å². The molecule has 1 saturated carbocycles. The van der Waals surface area contributed by atoms with E-state index in [1.54, 1.807) is 6.07 Å². The average molecular weight is 493 g/mol. The standard InChI is InChI=1S/C24H30ClFN4O4/c1-15(2)13-30(17-6-4-3-5-7-17)23-21(11-18(12-27-23)34-14-22(31)32)29-24(33)28-20-9-8-16(25)10-19(20)26/h8-12,15,17H,3-7,13-14H2,1-2H3,(H,31,32)(H2,28,29,33). The number of ether oxygens (including phenoxy) is 1. The van der Waals surface area contributed by atoms with Gasteiger partial charge in [0.25, 0.3) is 0 Å². The molecule has 34 heavy (non-hydrogen) atoms. The summed E-state index contributed by atoms with van der Waals surface area (Å²) in [5.41, 5.74) is 0.321. The first-order chi connectivity index (χ1) is 16.2. The van der Waals surface area contributed by atoms with Crippen molar-refractivity contribution in [3.63, 3.8) is 0 Å². The third kappa shape index (κ3) is 7.21. The van der Waals surface area contributed by atoms with Crippen LogP contribution in [-0.2, 0) is 4.79 Å². The molecule has 0 aliphatic heterocycles. The Labute approximate surface area is 203 Å². The molecule has 0 radical (unpaired) electrons. The highest BCUT2D eigenvalue weighted by atomic mass is 35.5. The molecule has 1 heterocycles. The van der Waals surface area contributed by atoms with E-state index >= 15 is 0 Å². The molecular formula is C24H30ClFN4O4. The molecular weight excluding hydrogens is 463 g/mol. The van der Waals surface area contributed by atoms with Crippen LogP contribution in [0.15, 0.2) is 30.5 Å². The first-order valence-electron chi connectivity index (χ1n) is 11.4. The molecule has 10 heteroatoms. The highest BCUT2D eigenvalue weighted by molar-refractivity contribution is 6.30. The predicted molar refractivity (Wildman–Crippen MR) is 130 cm³/mol. The van der Waals surface area contributed by atoms with Crippen molar-refractivity contribution >= 4 is 40.8 Å². The van der Waals surface area contributed by atoms with Gasteiger partial charge in [0.05, 0.1) is 17.6 Å². The number of rotatable bonds is 9. The molecule has 0 atom stereocenters. The zero-order valence-electron chi connectivity index (χ0n) is 19.3. The Morgan fingerprint density at radius 1 is 1.21 bits per heavy atom. The van der Waals surface area contributed by atoms with Gasteiger partial charge in [-0.15, -0.1) is 0 Å². The fraction of sp³-hybridized carbons (Fsp3) is 0.458. The maximum atomic E-state index is 14.2. The number of pyridine rings is 1. The quantitative estimate of drug-likeness (QED) is 0.410. The number of aromatic nitrogens is 1. The molecule has 3 rings (SSSR count). The fourth-order valence-corrected chi connectivity index (χ4v) is 4.20.